The first-order valence-corrected chi connectivity index (χ1v) is 12.4. The molecule has 1 aliphatic rings. The van der Waals surface area contributed by atoms with Crippen molar-refractivity contribution in [3.8, 4) is 5.75 Å². The van der Waals surface area contributed by atoms with E-state index in [-0.39, 0.29) is 11.9 Å². The quantitative estimate of drug-likeness (QED) is 0.338. The number of hydrogen-bond acceptors (Lipinski definition) is 7. The highest BCUT2D eigenvalue weighted by Crippen LogP contribution is 2.36. The molecule has 190 valence electrons. The second-order valence-electron chi connectivity index (χ2n) is 9.27. The van der Waals surface area contributed by atoms with E-state index in [0.717, 1.165) is 23.0 Å². The highest BCUT2D eigenvalue weighted by atomic mass is 16.5. The molecule has 8 nitrogen and oxygen atoms in total. The van der Waals surface area contributed by atoms with Crippen LogP contribution in [0.3, 0.4) is 0 Å². The van der Waals surface area contributed by atoms with Crippen molar-refractivity contribution < 1.29 is 14.3 Å². The molecule has 36 heavy (non-hydrogen) atoms. The van der Waals surface area contributed by atoms with Gasteiger partial charge in [0, 0.05) is 43.8 Å². The molecule has 1 saturated carbocycles. The number of likely N-dealkylation sites (N-methyl/N-ethyl adjacent to an activating group) is 1. The summed E-state index contributed by atoms with van der Waals surface area (Å²) in [6.07, 6.45) is 7.31. The number of ether oxygens (including phenoxy) is 2. The molecule has 2 aromatic carbocycles. The third-order valence-corrected chi connectivity index (χ3v) is 6.18. The smallest absolute Gasteiger partial charge is 0.248 e. The molecule has 2 N–H and O–H groups in total. The predicted octanol–water partition coefficient (Wildman–Crippen LogP) is 4.66. The van der Waals surface area contributed by atoms with Crippen molar-refractivity contribution in [1.82, 2.24) is 14.9 Å². The molecule has 1 unspecified atom stereocenters. The molecule has 0 radical (unpaired) electrons. The molecule has 0 spiro atoms. The highest BCUT2D eigenvalue weighted by molar-refractivity contribution is 6.03. The van der Waals surface area contributed by atoms with Gasteiger partial charge in [0.15, 0.2) is 0 Å². The second kappa shape index (κ2) is 12.5. The minimum atomic E-state index is -0.213. The Bertz CT molecular complexity index is 1180. The average Bonchev–Trinajstić information content (AvgIpc) is 3.71. The van der Waals surface area contributed by atoms with Crippen LogP contribution < -0.4 is 15.4 Å². The minimum absolute atomic E-state index is 0.0474. The fraction of sp³-hybridized carbons (Fsp3) is 0.393. The van der Waals surface area contributed by atoms with E-state index in [9.17, 15) is 4.79 Å². The molecule has 4 rings (SSSR count). The van der Waals surface area contributed by atoms with Gasteiger partial charge in [-0.05, 0) is 44.4 Å². The van der Waals surface area contributed by atoms with E-state index in [0.29, 0.717) is 42.9 Å². The molecule has 1 aliphatic carbocycles. The van der Waals surface area contributed by atoms with Gasteiger partial charge in [-0.1, -0.05) is 36.4 Å². The maximum atomic E-state index is 12.8. The van der Waals surface area contributed by atoms with Crippen molar-refractivity contribution in [1.29, 1.82) is 0 Å². The van der Waals surface area contributed by atoms with Gasteiger partial charge < -0.3 is 25.0 Å². The van der Waals surface area contributed by atoms with Crippen LogP contribution >= 0.6 is 0 Å². The van der Waals surface area contributed by atoms with Crippen molar-refractivity contribution >= 4 is 28.3 Å². The topological polar surface area (TPSA) is 88.6 Å². The summed E-state index contributed by atoms with van der Waals surface area (Å²) in [5, 5.41) is 7.31. The fourth-order valence-electron chi connectivity index (χ4n) is 3.79. The van der Waals surface area contributed by atoms with Crippen LogP contribution in [-0.2, 0) is 9.53 Å². The molecule has 1 fully saturated rings. The van der Waals surface area contributed by atoms with Crippen molar-refractivity contribution in [2.75, 3.05) is 51.1 Å². The fourth-order valence-corrected chi connectivity index (χ4v) is 3.79. The van der Waals surface area contributed by atoms with E-state index in [1.54, 1.807) is 19.5 Å². The molecule has 0 bridgehead atoms. The summed E-state index contributed by atoms with van der Waals surface area (Å²) < 4.78 is 11.2. The summed E-state index contributed by atoms with van der Waals surface area (Å²) in [7, 11) is 3.66. The molecular weight excluding hydrogens is 454 g/mol. The lowest BCUT2D eigenvalue weighted by atomic mass is 10.1. The largest absolute Gasteiger partial charge is 0.491 e. The van der Waals surface area contributed by atoms with Crippen molar-refractivity contribution in [2.24, 2.45) is 5.92 Å². The number of benzene rings is 2. The van der Waals surface area contributed by atoms with E-state index in [1.165, 1.54) is 12.8 Å². The summed E-state index contributed by atoms with van der Waals surface area (Å²) in [6, 6.07) is 14.0. The Kier molecular flexibility index (Phi) is 8.86. The SMILES string of the molecule is COCCN(C)CC=CC(=O)Nc1cc2c(NC(C)c3ccccc3)ncnc2cc1OCC1CC1. The van der Waals surface area contributed by atoms with Crippen molar-refractivity contribution in [3.63, 3.8) is 0 Å². The summed E-state index contributed by atoms with van der Waals surface area (Å²) in [5.41, 5.74) is 2.52. The van der Waals surface area contributed by atoms with Crippen molar-refractivity contribution in [2.45, 2.75) is 25.8 Å². The van der Waals surface area contributed by atoms with Gasteiger partial charge in [0.1, 0.15) is 17.9 Å². The van der Waals surface area contributed by atoms with Gasteiger partial charge >= 0.3 is 0 Å². The third kappa shape index (κ3) is 7.26. The van der Waals surface area contributed by atoms with E-state index in [2.05, 4.69) is 44.6 Å². The molecule has 0 aliphatic heterocycles. The van der Waals surface area contributed by atoms with Crippen LogP contribution in [0, 0.1) is 5.92 Å². The monoisotopic (exact) mass is 489 g/mol. The number of methoxy groups -OCH3 is 1. The normalized spacial score (nSPS) is 14.3. The number of anilines is 2. The van der Waals surface area contributed by atoms with Gasteiger partial charge in [0.2, 0.25) is 5.91 Å². The first-order chi connectivity index (χ1) is 17.5. The maximum absolute atomic E-state index is 12.8. The van der Waals surface area contributed by atoms with Crippen LogP contribution in [0.25, 0.3) is 10.9 Å². The zero-order valence-corrected chi connectivity index (χ0v) is 21.2. The van der Waals surface area contributed by atoms with Crippen LogP contribution in [0.4, 0.5) is 11.5 Å². The summed E-state index contributed by atoms with van der Waals surface area (Å²) in [5.74, 6) is 1.70. The Labute approximate surface area is 212 Å². The lowest BCUT2D eigenvalue weighted by molar-refractivity contribution is -0.111. The molecular formula is C28H35N5O3. The van der Waals surface area contributed by atoms with Gasteiger partial charge in [-0.15, -0.1) is 0 Å². The Hall–Kier alpha value is -3.49. The third-order valence-electron chi connectivity index (χ3n) is 6.18. The van der Waals surface area contributed by atoms with E-state index in [1.807, 2.05) is 43.5 Å². The van der Waals surface area contributed by atoms with Crippen molar-refractivity contribution in [3.05, 3.63) is 66.5 Å². The standard InChI is InChI=1S/C28H35N5O3/c1-20(22-8-5-4-6-9-22)31-28-23-16-25(32-27(34)10-7-13-33(2)14-15-35-3)26(36-18-21-11-12-21)17-24(23)29-19-30-28/h4-10,16-17,19-21H,11-15,18H2,1-3H3,(H,32,34)(H,29,30,31). The number of fused-ring (bicyclic) bond motifs is 1. The number of aromatic nitrogens is 2. The molecule has 1 atom stereocenters. The van der Waals surface area contributed by atoms with Crippen LogP contribution in [0.5, 0.6) is 5.75 Å². The summed E-state index contributed by atoms with van der Waals surface area (Å²) in [4.78, 5) is 23.8. The maximum Gasteiger partial charge on any atom is 0.248 e. The Morgan fingerprint density at radius 1 is 1.22 bits per heavy atom. The molecule has 1 heterocycles. The van der Waals surface area contributed by atoms with Gasteiger partial charge in [0.05, 0.1) is 24.4 Å². The molecule has 0 saturated heterocycles. The number of nitrogens with one attached hydrogen (secondary N) is 2. The van der Waals surface area contributed by atoms with E-state index in [4.69, 9.17) is 9.47 Å². The molecule has 3 aromatic rings. The number of carbonyl (C=O) groups is 1. The van der Waals surface area contributed by atoms with Crippen LogP contribution in [0.15, 0.2) is 60.9 Å². The lowest BCUT2D eigenvalue weighted by Crippen LogP contribution is -2.23. The molecule has 1 aromatic heterocycles. The van der Waals surface area contributed by atoms with E-state index < -0.39 is 0 Å². The molecule has 1 amide bonds. The number of nitrogens with zero attached hydrogens (tertiary/aromatic N) is 3. The highest BCUT2D eigenvalue weighted by Gasteiger charge is 2.23. The predicted molar refractivity (Wildman–Crippen MR) is 143 cm³/mol. The van der Waals surface area contributed by atoms with Crippen LogP contribution in [0.1, 0.15) is 31.4 Å². The minimum Gasteiger partial charge on any atom is -0.491 e. The first kappa shape index (κ1) is 25.6. The number of rotatable bonds is 13. The summed E-state index contributed by atoms with van der Waals surface area (Å²) in [6.45, 7) is 4.82. The van der Waals surface area contributed by atoms with Gasteiger partial charge in [-0.25, -0.2) is 9.97 Å². The number of carbonyl (C=O) groups excluding carboxylic acids is 1. The first-order valence-electron chi connectivity index (χ1n) is 12.4. The zero-order chi connectivity index (χ0) is 25.3. The number of hydrogen-bond donors (Lipinski definition) is 2. The Morgan fingerprint density at radius 2 is 2.03 bits per heavy atom. The van der Waals surface area contributed by atoms with Gasteiger partial charge in [-0.2, -0.15) is 0 Å². The lowest BCUT2D eigenvalue weighted by Gasteiger charge is -2.18. The van der Waals surface area contributed by atoms with Gasteiger partial charge in [0.25, 0.3) is 0 Å². The Balaban J connectivity index is 1.55. The number of amides is 1. The zero-order valence-electron chi connectivity index (χ0n) is 21.2. The summed E-state index contributed by atoms with van der Waals surface area (Å²) >= 11 is 0. The Morgan fingerprint density at radius 3 is 2.78 bits per heavy atom. The van der Waals surface area contributed by atoms with Crippen LogP contribution in [0.2, 0.25) is 0 Å². The van der Waals surface area contributed by atoms with Gasteiger partial charge in [-0.3, -0.25) is 4.79 Å². The average molecular weight is 490 g/mol. The second-order valence-corrected chi connectivity index (χ2v) is 9.27. The van der Waals surface area contributed by atoms with Crippen LogP contribution in [-0.4, -0.2) is 61.2 Å². The van der Waals surface area contributed by atoms with E-state index >= 15 is 0 Å². The molecule has 8 heteroatoms.